The van der Waals surface area contributed by atoms with Crippen molar-refractivity contribution in [2.24, 2.45) is 0 Å². The van der Waals surface area contributed by atoms with Crippen molar-refractivity contribution >= 4 is 10.9 Å². The molecule has 0 bridgehead atoms. The topological polar surface area (TPSA) is 44.1 Å². The number of rotatable bonds is 6. The monoisotopic (exact) mass is 264 g/mol. The van der Waals surface area contributed by atoms with Crippen LogP contribution < -0.4 is 10.3 Å². The Bertz CT molecular complexity index is 610. The van der Waals surface area contributed by atoms with Gasteiger partial charge in [0, 0.05) is 6.54 Å². The molecule has 0 fully saturated rings. The van der Waals surface area contributed by atoms with Gasteiger partial charge >= 0.3 is 0 Å². The third-order valence-corrected chi connectivity index (χ3v) is 3.06. The lowest BCUT2D eigenvalue weighted by Gasteiger charge is -2.07. The Morgan fingerprint density at radius 2 is 2.16 bits per heavy atom. The second-order valence-electron chi connectivity index (χ2n) is 4.38. The fraction of sp³-hybridized carbons (Fsp3) is 0.429. The van der Waals surface area contributed by atoms with Gasteiger partial charge in [-0.3, -0.25) is 13.8 Å². The quantitative estimate of drug-likeness (QED) is 0.753. The molecule has 4 nitrogen and oxygen atoms in total. The molecule has 1 aromatic heterocycles. The molecule has 5 heteroatoms. The van der Waals surface area contributed by atoms with Crippen molar-refractivity contribution in [2.75, 3.05) is 13.8 Å². The summed E-state index contributed by atoms with van der Waals surface area (Å²) in [5.74, 6) is 0.640. The summed E-state index contributed by atoms with van der Waals surface area (Å²) in [6.07, 6.45) is 3.65. The van der Waals surface area contributed by atoms with Gasteiger partial charge in [0.1, 0.15) is 5.75 Å². The zero-order chi connectivity index (χ0) is 13.7. The lowest BCUT2D eigenvalue weighted by atomic mass is 10.2. The maximum atomic E-state index is 12.3. The van der Waals surface area contributed by atoms with Crippen molar-refractivity contribution in [3.8, 4) is 5.75 Å². The van der Waals surface area contributed by atoms with E-state index in [9.17, 15) is 9.18 Å². The van der Waals surface area contributed by atoms with E-state index in [-0.39, 0.29) is 12.2 Å². The number of halogens is 1. The number of unbranched alkanes of at least 4 members (excludes halogenated alkanes) is 2. The highest BCUT2D eigenvalue weighted by molar-refractivity contribution is 5.78. The first-order chi connectivity index (χ1) is 9.26. The van der Waals surface area contributed by atoms with Crippen LogP contribution in [0.4, 0.5) is 4.39 Å². The summed E-state index contributed by atoms with van der Waals surface area (Å²) in [5, 5.41) is 0.548. The van der Waals surface area contributed by atoms with Gasteiger partial charge in [-0.05, 0) is 37.5 Å². The molecule has 0 aliphatic rings. The predicted octanol–water partition coefficient (Wildman–Crippen LogP) is 2.54. The van der Waals surface area contributed by atoms with Crippen LogP contribution in [0, 0.1) is 0 Å². The average molecular weight is 264 g/mol. The SMILES string of the molecule is COc1ccc2ncn(CCCCCF)c(=O)c2c1. The maximum absolute atomic E-state index is 12.3. The van der Waals surface area contributed by atoms with Crippen LogP contribution >= 0.6 is 0 Å². The van der Waals surface area contributed by atoms with Crippen molar-refractivity contribution in [1.29, 1.82) is 0 Å². The lowest BCUT2D eigenvalue weighted by molar-refractivity contribution is 0.415. The van der Waals surface area contributed by atoms with Gasteiger partial charge in [0.05, 0.1) is 31.0 Å². The number of ether oxygens (including phenoxy) is 1. The Labute approximate surface area is 110 Å². The minimum Gasteiger partial charge on any atom is -0.497 e. The highest BCUT2D eigenvalue weighted by atomic mass is 19.1. The summed E-state index contributed by atoms with van der Waals surface area (Å²) in [4.78, 5) is 16.5. The molecule has 0 radical (unpaired) electrons. The summed E-state index contributed by atoms with van der Waals surface area (Å²) in [6.45, 7) is 0.265. The van der Waals surface area contributed by atoms with Crippen LogP contribution in [0.25, 0.3) is 10.9 Å². The summed E-state index contributed by atoms with van der Waals surface area (Å²) in [7, 11) is 1.56. The van der Waals surface area contributed by atoms with Gasteiger partial charge in [0.15, 0.2) is 0 Å². The van der Waals surface area contributed by atoms with Gasteiger partial charge in [-0.15, -0.1) is 0 Å². The number of aryl methyl sites for hydroxylation is 1. The van der Waals surface area contributed by atoms with Crippen LogP contribution in [0.2, 0.25) is 0 Å². The molecule has 0 aliphatic heterocycles. The number of fused-ring (bicyclic) bond motifs is 1. The van der Waals surface area contributed by atoms with E-state index in [1.54, 1.807) is 36.2 Å². The molecule has 19 heavy (non-hydrogen) atoms. The van der Waals surface area contributed by atoms with Crippen molar-refractivity contribution in [1.82, 2.24) is 9.55 Å². The Kier molecular flexibility index (Phi) is 4.49. The van der Waals surface area contributed by atoms with Gasteiger partial charge in [-0.25, -0.2) is 4.98 Å². The van der Waals surface area contributed by atoms with E-state index in [1.165, 1.54) is 0 Å². The summed E-state index contributed by atoms with van der Waals surface area (Å²) < 4.78 is 18.7. The molecule has 1 aromatic carbocycles. The Morgan fingerprint density at radius 1 is 1.32 bits per heavy atom. The largest absolute Gasteiger partial charge is 0.497 e. The molecule has 2 rings (SSSR count). The van der Waals surface area contributed by atoms with Gasteiger partial charge in [0.25, 0.3) is 5.56 Å². The molecule has 0 saturated carbocycles. The molecule has 0 unspecified atom stereocenters. The van der Waals surface area contributed by atoms with Gasteiger partial charge < -0.3 is 4.74 Å². The molecule has 2 aromatic rings. The summed E-state index contributed by atoms with van der Waals surface area (Å²) in [6, 6.07) is 5.24. The second-order valence-corrected chi connectivity index (χ2v) is 4.38. The minimum absolute atomic E-state index is 0.0795. The minimum atomic E-state index is -0.304. The third kappa shape index (κ3) is 3.10. The summed E-state index contributed by atoms with van der Waals surface area (Å²) >= 11 is 0. The molecular formula is C14H17FN2O2. The molecule has 1 heterocycles. The fourth-order valence-electron chi connectivity index (χ4n) is 1.98. The number of aromatic nitrogens is 2. The second kappa shape index (κ2) is 6.31. The highest BCUT2D eigenvalue weighted by Crippen LogP contribution is 2.15. The molecule has 102 valence electrons. The molecular weight excluding hydrogens is 247 g/mol. The number of hydrogen-bond acceptors (Lipinski definition) is 3. The molecule has 0 saturated heterocycles. The van der Waals surface area contributed by atoms with Gasteiger partial charge in [-0.1, -0.05) is 0 Å². The normalized spacial score (nSPS) is 10.8. The molecule has 0 spiro atoms. The third-order valence-electron chi connectivity index (χ3n) is 3.06. The zero-order valence-electron chi connectivity index (χ0n) is 10.9. The van der Waals surface area contributed by atoms with Crippen molar-refractivity contribution in [3.63, 3.8) is 0 Å². The van der Waals surface area contributed by atoms with Gasteiger partial charge in [-0.2, -0.15) is 0 Å². The number of alkyl halides is 1. The number of benzene rings is 1. The molecule has 0 aliphatic carbocycles. The van der Waals surface area contributed by atoms with E-state index in [4.69, 9.17) is 4.74 Å². The fourth-order valence-corrected chi connectivity index (χ4v) is 1.98. The average Bonchev–Trinajstić information content (AvgIpc) is 2.45. The highest BCUT2D eigenvalue weighted by Gasteiger charge is 2.05. The van der Waals surface area contributed by atoms with Crippen LogP contribution in [0.15, 0.2) is 29.3 Å². The first-order valence-corrected chi connectivity index (χ1v) is 6.35. The van der Waals surface area contributed by atoms with Gasteiger partial charge in [0.2, 0.25) is 0 Å². The van der Waals surface area contributed by atoms with E-state index < -0.39 is 0 Å². The van der Waals surface area contributed by atoms with Crippen molar-refractivity contribution in [2.45, 2.75) is 25.8 Å². The van der Waals surface area contributed by atoms with Crippen LogP contribution in [-0.4, -0.2) is 23.3 Å². The van der Waals surface area contributed by atoms with Crippen molar-refractivity contribution < 1.29 is 9.13 Å². The van der Waals surface area contributed by atoms with E-state index >= 15 is 0 Å². The van der Waals surface area contributed by atoms with Crippen LogP contribution in [0.3, 0.4) is 0 Å². The predicted molar refractivity (Wildman–Crippen MR) is 72.4 cm³/mol. The molecule has 0 amide bonds. The number of hydrogen-bond donors (Lipinski definition) is 0. The maximum Gasteiger partial charge on any atom is 0.261 e. The smallest absolute Gasteiger partial charge is 0.261 e. The van der Waals surface area contributed by atoms with Crippen LogP contribution in [0.5, 0.6) is 5.75 Å². The Balaban J connectivity index is 2.26. The van der Waals surface area contributed by atoms with Crippen molar-refractivity contribution in [3.05, 3.63) is 34.9 Å². The first-order valence-electron chi connectivity index (χ1n) is 6.35. The standard InChI is InChI=1S/C14H17FN2O2/c1-19-11-5-6-13-12(9-11)14(18)17(10-16-13)8-4-2-3-7-15/h5-6,9-10H,2-4,7-8H2,1H3. The van der Waals surface area contributed by atoms with E-state index in [1.807, 2.05) is 0 Å². The van der Waals surface area contributed by atoms with E-state index in [0.717, 1.165) is 12.8 Å². The summed E-state index contributed by atoms with van der Waals surface area (Å²) in [5.41, 5.74) is 0.579. The van der Waals surface area contributed by atoms with Crippen LogP contribution in [-0.2, 0) is 6.54 Å². The molecule has 0 atom stereocenters. The Morgan fingerprint density at radius 3 is 2.89 bits per heavy atom. The number of methoxy groups -OCH3 is 1. The Hall–Kier alpha value is -1.91. The zero-order valence-corrected chi connectivity index (χ0v) is 10.9. The van der Waals surface area contributed by atoms with E-state index in [0.29, 0.717) is 29.6 Å². The lowest BCUT2D eigenvalue weighted by Crippen LogP contribution is -2.20. The first kappa shape index (κ1) is 13.5. The number of nitrogens with zero attached hydrogens (tertiary/aromatic N) is 2. The van der Waals surface area contributed by atoms with E-state index in [2.05, 4.69) is 4.98 Å². The molecule has 0 N–H and O–H groups in total. The van der Waals surface area contributed by atoms with Crippen LogP contribution in [0.1, 0.15) is 19.3 Å².